The Morgan fingerprint density at radius 2 is 2.04 bits per heavy atom. The normalized spacial score (nSPS) is 17.2. The van der Waals surface area contributed by atoms with E-state index >= 15 is 0 Å². The first-order valence-corrected chi connectivity index (χ1v) is 8.10. The maximum Gasteiger partial charge on any atom is 0.338 e. The Hall–Kier alpha value is -2.93. The van der Waals surface area contributed by atoms with Gasteiger partial charge in [0.1, 0.15) is 6.54 Å². The minimum absolute atomic E-state index is 0.138. The highest BCUT2D eigenvalue weighted by atomic mass is 16.5. The summed E-state index contributed by atoms with van der Waals surface area (Å²) in [6, 6.07) is 9.39. The molecule has 7 nitrogen and oxygen atoms in total. The van der Waals surface area contributed by atoms with Crippen molar-refractivity contribution in [2.45, 2.75) is 25.9 Å². The van der Waals surface area contributed by atoms with Gasteiger partial charge in [0.2, 0.25) is 5.91 Å². The van der Waals surface area contributed by atoms with Crippen molar-refractivity contribution < 1.29 is 28.9 Å². The van der Waals surface area contributed by atoms with Crippen LogP contribution < -0.4 is 10.2 Å². The van der Waals surface area contributed by atoms with Gasteiger partial charge in [0.25, 0.3) is 5.91 Å². The lowest BCUT2D eigenvalue weighted by Crippen LogP contribution is -2.90. The molecule has 7 heteroatoms. The van der Waals surface area contributed by atoms with Gasteiger partial charge >= 0.3 is 5.97 Å². The van der Waals surface area contributed by atoms with E-state index in [4.69, 9.17) is 9.15 Å². The molecule has 2 aromatic rings. The van der Waals surface area contributed by atoms with E-state index in [0.29, 0.717) is 17.8 Å². The van der Waals surface area contributed by atoms with Crippen molar-refractivity contribution in [1.29, 1.82) is 0 Å². The fourth-order valence-corrected chi connectivity index (χ4v) is 2.76. The van der Waals surface area contributed by atoms with E-state index in [9.17, 15) is 14.4 Å². The molecule has 0 aliphatic carbocycles. The predicted molar refractivity (Wildman–Crippen MR) is 87.6 cm³/mol. The second-order valence-electron chi connectivity index (χ2n) is 5.66. The molecule has 1 aromatic carbocycles. The fourth-order valence-electron chi connectivity index (χ4n) is 2.76. The molecule has 0 spiro atoms. The van der Waals surface area contributed by atoms with Crippen LogP contribution in [0.5, 0.6) is 0 Å². The van der Waals surface area contributed by atoms with E-state index in [1.54, 1.807) is 48.8 Å². The standard InChI is InChI=1S/C18H18N2O5/c1-2-24-18(23)12-5-7-13(8-6-12)20-16(21)10-15(17(20)22)19-11-14-4-3-9-25-14/h3-9,15,19H,2,10-11H2,1H3/p+1/t15-/m1/s1. The second-order valence-corrected chi connectivity index (χ2v) is 5.66. The minimum atomic E-state index is -0.470. The number of imide groups is 1. The summed E-state index contributed by atoms with van der Waals surface area (Å²) in [7, 11) is 0. The van der Waals surface area contributed by atoms with Crippen LogP contribution in [0.3, 0.4) is 0 Å². The summed E-state index contributed by atoms with van der Waals surface area (Å²) >= 11 is 0. The lowest BCUT2D eigenvalue weighted by atomic mass is 10.2. The van der Waals surface area contributed by atoms with Crippen molar-refractivity contribution in [2.24, 2.45) is 0 Å². The van der Waals surface area contributed by atoms with Crippen LogP contribution in [0.1, 0.15) is 29.5 Å². The third kappa shape index (κ3) is 3.61. The molecule has 1 aliphatic heterocycles. The van der Waals surface area contributed by atoms with E-state index in [1.807, 2.05) is 6.07 Å². The van der Waals surface area contributed by atoms with E-state index < -0.39 is 12.0 Å². The van der Waals surface area contributed by atoms with Crippen LogP contribution in [-0.4, -0.2) is 30.4 Å². The Balaban J connectivity index is 1.68. The van der Waals surface area contributed by atoms with Crippen molar-refractivity contribution in [2.75, 3.05) is 11.5 Å². The quantitative estimate of drug-likeness (QED) is 0.620. The molecule has 1 aromatic heterocycles. The number of hydrogen-bond acceptors (Lipinski definition) is 5. The van der Waals surface area contributed by atoms with Crippen LogP contribution in [0.25, 0.3) is 0 Å². The average Bonchev–Trinajstić information content (AvgIpc) is 3.21. The van der Waals surface area contributed by atoms with Crippen LogP contribution in [0.4, 0.5) is 5.69 Å². The van der Waals surface area contributed by atoms with Crippen molar-refractivity contribution in [1.82, 2.24) is 0 Å². The van der Waals surface area contributed by atoms with Crippen LogP contribution in [0, 0.1) is 0 Å². The predicted octanol–water partition coefficient (Wildman–Crippen LogP) is 0.852. The summed E-state index contributed by atoms with van der Waals surface area (Å²) in [5, 5.41) is 1.80. The van der Waals surface area contributed by atoms with Crippen LogP contribution in [0.2, 0.25) is 0 Å². The summed E-state index contributed by atoms with van der Waals surface area (Å²) < 4.78 is 10.2. The first kappa shape index (κ1) is 16.9. The number of quaternary nitrogens is 1. The number of esters is 1. The van der Waals surface area contributed by atoms with Gasteiger partial charge in [-0.3, -0.25) is 9.59 Å². The summed E-state index contributed by atoms with van der Waals surface area (Å²) in [5.41, 5.74) is 0.836. The number of nitrogens with two attached hydrogens (primary N) is 1. The van der Waals surface area contributed by atoms with Gasteiger partial charge in [-0.05, 0) is 43.3 Å². The first-order valence-electron chi connectivity index (χ1n) is 8.10. The Labute approximate surface area is 144 Å². The molecule has 0 unspecified atom stereocenters. The van der Waals surface area contributed by atoms with Crippen molar-refractivity contribution >= 4 is 23.5 Å². The molecule has 3 rings (SSSR count). The van der Waals surface area contributed by atoms with Gasteiger partial charge in [0, 0.05) is 0 Å². The summed E-state index contributed by atoms with van der Waals surface area (Å²) in [5.74, 6) is -0.203. The highest BCUT2D eigenvalue weighted by molar-refractivity contribution is 6.21. The van der Waals surface area contributed by atoms with Gasteiger partial charge in [0.05, 0.1) is 30.5 Å². The summed E-state index contributed by atoms with van der Waals surface area (Å²) in [4.78, 5) is 37.6. The maximum atomic E-state index is 12.5. The highest BCUT2D eigenvalue weighted by Crippen LogP contribution is 2.22. The third-order valence-corrected chi connectivity index (χ3v) is 4.00. The SMILES string of the molecule is CCOC(=O)c1ccc(N2C(=O)C[C@@H]([NH2+]Cc3ccco3)C2=O)cc1. The molecule has 1 saturated heterocycles. The average molecular weight is 343 g/mol. The molecule has 130 valence electrons. The van der Waals surface area contributed by atoms with Gasteiger partial charge in [-0.2, -0.15) is 0 Å². The smallest absolute Gasteiger partial charge is 0.338 e. The monoisotopic (exact) mass is 343 g/mol. The van der Waals surface area contributed by atoms with Crippen molar-refractivity contribution in [3.8, 4) is 0 Å². The molecule has 0 radical (unpaired) electrons. The topological polar surface area (TPSA) is 93.4 Å². The summed E-state index contributed by atoms with van der Waals surface area (Å²) in [6.07, 6.45) is 1.71. The number of carbonyl (C=O) groups excluding carboxylic acids is 3. The maximum absolute atomic E-state index is 12.5. The van der Waals surface area contributed by atoms with Crippen LogP contribution >= 0.6 is 0 Å². The molecule has 0 bridgehead atoms. The van der Waals surface area contributed by atoms with E-state index in [0.717, 1.165) is 10.7 Å². The van der Waals surface area contributed by atoms with Gasteiger partial charge in [-0.1, -0.05) is 0 Å². The molecule has 2 amide bonds. The Bertz CT molecular complexity index is 767. The molecular weight excluding hydrogens is 324 g/mol. The van der Waals surface area contributed by atoms with Gasteiger partial charge in [-0.25, -0.2) is 9.69 Å². The number of nitrogens with zero attached hydrogens (tertiary/aromatic N) is 1. The molecule has 25 heavy (non-hydrogen) atoms. The Kier molecular flexibility index (Phi) is 4.95. The van der Waals surface area contributed by atoms with Gasteiger partial charge < -0.3 is 14.5 Å². The zero-order chi connectivity index (χ0) is 17.8. The molecular formula is C18H19N2O5+. The fraction of sp³-hybridized carbons (Fsp3) is 0.278. The van der Waals surface area contributed by atoms with E-state index in [-0.39, 0.29) is 24.8 Å². The van der Waals surface area contributed by atoms with Crippen molar-refractivity contribution in [3.63, 3.8) is 0 Å². The number of amides is 2. The zero-order valence-corrected chi connectivity index (χ0v) is 13.8. The zero-order valence-electron chi connectivity index (χ0n) is 13.8. The van der Waals surface area contributed by atoms with Crippen molar-refractivity contribution in [3.05, 3.63) is 54.0 Å². The van der Waals surface area contributed by atoms with E-state index in [1.165, 1.54) is 0 Å². The van der Waals surface area contributed by atoms with Crippen LogP contribution in [0.15, 0.2) is 47.1 Å². The number of ether oxygens (including phenoxy) is 1. The number of carbonyl (C=O) groups is 3. The summed E-state index contributed by atoms with van der Waals surface area (Å²) in [6.45, 7) is 2.51. The molecule has 1 aliphatic rings. The van der Waals surface area contributed by atoms with Gasteiger partial charge in [0.15, 0.2) is 11.8 Å². The van der Waals surface area contributed by atoms with E-state index in [2.05, 4.69) is 0 Å². The lowest BCUT2D eigenvalue weighted by Gasteiger charge is -2.14. The second kappa shape index (κ2) is 7.31. The Morgan fingerprint density at radius 1 is 1.28 bits per heavy atom. The Morgan fingerprint density at radius 3 is 2.68 bits per heavy atom. The molecule has 1 fully saturated rings. The number of furan rings is 1. The van der Waals surface area contributed by atoms with Crippen LogP contribution in [-0.2, 0) is 20.9 Å². The lowest BCUT2D eigenvalue weighted by molar-refractivity contribution is -0.691. The highest BCUT2D eigenvalue weighted by Gasteiger charge is 2.42. The molecule has 1 atom stereocenters. The number of anilines is 1. The van der Waals surface area contributed by atoms with Gasteiger partial charge in [-0.15, -0.1) is 0 Å². The number of rotatable bonds is 6. The minimum Gasteiger partial charge on any atom is -0.463 e. The number of hydrogen-bond donors (Lipinski definition) is 1. The molecule has 0 saturated carbocycles. The first-order chi connectivity index (χ1) is 12.1. The molecule has 2 N–H and O–H groups in total. The largest absolute Gasteiger partial charge is 0.463 e. The third-order valence-electron chi connectivity index (χ3n) is 4.00. The number of benzene rings is 1. The molecule has 2 heterocycles.